The molecule has 3 atom stereocenters. The number of thioether (sulfide) groups is 1. The molecule has 0 aliphatic carbocycles. The van der Waals surface area contributed by atoms with Crippen molar-refractivity contribution in [3.8, 4) is 0 Å². The Kier molecular flexibility index (Phi) is 7.51. The second kappa shape index (κ2) is 8.62. The molecule has 2 N–H and O–H groups in total. The number of nitrogens with one attached hydrogen (secondary N) is 1. The van der Waals surface area contributed by atoms with Crippen LogP contribution in [0.3, 0.4) is 0 Å². The summed E-state index contributed by atoms with van der Waals surface area (Å²) >= 11 is 1.92. The van der Waals surface area contributed by atoms with Crippen molar-refractivity contribution in [2.45, 2.75) is 38.5 Å². The maximum atomic E-state index is 9.09. The summed E-state index contributed by atoms with van der Waals surface area (Å²) < 4.78 is 0. The van der Waals surface area contributed by atoms with Crippen LogP contribution in [0.15, 0.2) is 24.3 Å². The van der Waals surface area contributed by atoms with E-state index in [2.05, 4.69) is 50.4 Å². The van der Waals surface area contributed by atoms with Crippen molar-refractivity contribution in [1.82, 2.24) is 5.32 Å². The number of hydrogen-bond donors (Lipinski definition) is 2. The molecule has 2 nitrogen and oxygen atoms in total. The van der Waals surface area contributed by atoms with Gasteiger partial charge in [-0.05, 0) is 36.3 Å². The van der Waals surface area contributed by atoms with Gasteiger partial charge in [0.1, 0.15) is 0 Å². The van der Waals surface area contributed by atoms with E-state index >= 15 is 0 Å². The van der Waals surface area contributed by atoms with Gasteiger partial charge in [-0.25, -0.2) is 0 Å². The van der Waals surface area contributed by atoms with E-state index in [9.17, 15) is 0 Å². The average molecular weight is 281 g/mol. The van der Waals surface area contributed by atoms with Crippen LogP contribution in [0.4, 0.5) is 0 Å². The summed E-state index contributed by atoms with van der Waals surface area (Å²) in [5, 5.41) is 13.0. The quantitative estimate of drug-likeness (QED) is 0.767. The first-order valence-electron chi connectivity index (χ1n) is 7.10. The number of benzene rings is 1. The van der Waals surface area contributed by atoms with Crippen LogP contribution in [0.25, 0.3) is 0 Å². The second-order valence-corrected chi connectivity index (χ2v) is 6.60. The molecule has 0 saturated heterocycles. The van der Waals surface area contributed by atoms with Gasteiger partial charge in [-0.1, -0.05) is 45.0 Å². The molecule has 19 heavy (non-hydrogen) atoms. The van der Waals surface area contributed by atoms with Crippen LogP contribution >= 0.6 is 11.8 Å². The first-order valence-corrected chi connectivity index (χ1v) is 8.15. The second-order valence-electron chi connectivity index (χ2n) is 5.19. The number of aliphatic hydroxyl groups excluding tert-OH is 1. The molecule has 0 aliphatic heterocycles. The van der Waals surface area contributed by atoms with Gasteiger partial charge in [-0.3, -0.25) is 0 Å². The standard InChI is InChI=1S/C16H27NOS/c1-5-14-6-8-15(9-7-14)16(17-4)13(3)19-11-12(2)10-18/h6-9,12-13,16-18H,5,10-11H2,1-4H3. The Hall–Kier alpha value is -0.510. The van der Waals surface area contributed by atoms with E-state index in [1.165, 1.54) is 11.1 Å². The van der Waals surface area contributed by atoms with Crippen LogP contribution in [0.5, 0.6) is 0 Å². The molecule has 0 saturated carbocycles. The summed E-state index contributed by atoms with van der Waals surface area (Å²) in [7, 11) is 2.02. The highest BCUT2D eigenvalue weighted by Crippen LogP contribution is 2.27. The van der Waals surface area contributed by atoms with Crippen molar-refractivity contribution in [1.29, 1.82) is 0 Å². The third kappa shape index (κ3) is 5.17. The lowest BCUT2D eigenvalue weighted by molar-refractivity contribution is 0.250. The van der Waals surface area contributed by atoms with E-state index in [1.807, 2.05) is 18.8 Å². The smallest absolute Gasteiger partial charge is 0.0464 e. The topological polar surface area (TPSA) is 32.3 Å². The normalized spacial score (nSPS) is 16.1. The molecule has 0 spiro atoms. The fourth-order valence-corrected chi connectivity index (χ4v) is 3.32. The van der Waals surface area contributed by atoms with Crippen LogP contribution in [0.1, 0.15) is 37.9 Å². The number of aryl methyl sites for hydroxylation is 1. The molecule has 0 bridgehead atoms. The summed E-state index contributed by atoms with van der Waals surface area (Å²) in [4.78, 5) is 0. The van der Waals surface area contributed by atoms with Crippen LogP contribution in [0, 0.1) is 5.92 Å². The van der Waals surface area contributed by atoms with Crippen molar-refractivity contribution in [3.63, 3.8) is 0 Å². The number of hydrogen-bond acceptors (Lipinski definition) is 3. The molecule has 1 rings (SSSR count). The SMILES string of the molecule is CCc1ccc(C(NC)C(C)SCC(C)CO)cc1. The molecule has 0 amide bonds. The predicted octanol–water partition coefficient (Wildman–Crippen LogP) is 3.26. The van der Waals surface area contributed by atoms with Crippen molar-refractivity contribution >= 4 is 11.8 Å². The van der Waals surface area contributed by atoms with E-state index < -0.39 is 0 Å². The fraction of sp³-hybridized carbons (Fsp3) is 0.625. The summed E-state index contributed by atoms with van der Waals surface area (Å²) in [5.41, 5.74) is 2.73. The van der Waals surface area contributed by atoms with Gasteiger partial charge in [0.2, 0.25) is 0 Å². The lowest BCUT2D eigenvalue weighted by Gasteiger charge is -2.24. The molecular weight excluding hydrogens is 254 g/mol. The van der Waals surface area contributed by atoms with Gasteiger partial charge in [-0.2, -0.15) is 11.8 Å². The average Bonchev–Trinajstić information content (AvgIpc) is 2.46. The molecule has 0 aliphatic rings. The van der Waals surface area contributed by atoms with E-state index in [1.54, 1.807) is 0 Å². The Bertz CT molecular complexity index is 352. The summed E-state index contributed by atoms with van der Waals surface area (Å²) in [6.07, 6.45) is 1.09. The minimum absolute atomic E-state index is 0.273. The summed E-state index contributed by atoms with van der Waals surface area (Å²) in [6.45, 7) is 6.79. The first-order chi connectivity index (χ1) is 9.12. The molecule has 1 aromatic carbocycles. The van der Waals surface area contributed by atoms with E-state index in [4.69, 9.17) is 5.11 Å². The number of rotatable bonds is 8. The Morgan fingerprint density at radius 3 is 2.32 bits per heavy atom. The molecule has 0 aromatic heterocycles. The highest BCUT2D eigenvalue weighted by atomic mass is 32.2. The van der Waals surface area contributed by atoms with Gasteiger partial charge in [-0.15, -0.1) is 0 Å². The monoisotopic (exact) mass is 281 g/mol. The zero-order valence-corrected chi connectivity index (χ0v) is 13.3. The maximum Gasteiger partial charge on any atom is 0.0464 e. The van der Waals surface area contributed by atoms with E-state index in [0.29, 0.717) is 17.2 Å². The van der Waals surface area contributed by atoms with Gasteiger partial charge in [0, 0.05) is 17.9 Å². The third-order valence-corrected chi connectivity index (χ3v) is 5.04. The van der Waals surface area contributed by atoms with Gasteiger partial charge in [0.05, 0.1) is 0 Å². The largest absolute Gasteiger partial charge is 0.396 e. The Balaban J connectivity index is 2.64. The molecule has 0 fully saturated rings. The van der Waals surface area contributed by atoms with E-state index in [0.717, 1.165) is 12.2 Å². The summed E-state index contributed by atoms with van der Waals surface area (Å²) in [5.74, 6) is 1.37. The van der Waals surface area contributed by atoms with Crippen LogP contribution in [0.2, 0.25) is 0 Å². The molecule has 0 radical (unpaired) electrons. The Morgan fingerprint density at radius 1 is 1.21 bits per heavy atom. The molecule has 1 aromatic rings. The Labute approximate surface area is 122 Å². The molecule has 0 heterocycles. The van der Waals surface area contributed by atoms with Gasteiger partial charge in [0.15, 0.2) is 0 Å². The van der Waals surface area contributed by atoms with Crippen molar-refractivity contribution in [2.75, 3.05) is 19.4 Å². The Morgan fingerprint density at radius 2 is 1.84 bits per heavy atom. The molecule has 3 heteroatoms. The maximum absolute atomic E-state index is 9.09. The van der Waals surface area contributed by atoms with Crippen LogP contribution < -0.4 is 5.32 Å². The highest BCUT2D eigenvalue weighted by Gasteiger charge is 2.18. The van der Waals surface area contributed by atoms with Gasteiger partial charge in [0.25, 0.3) is 0 Å². The predicted molar refractivity (Wildman–Crippen MR) is 85.8 cm³/mol. The van der Waals surface area contributed by atoms with Gasteiger partial charge >= 0.3 is 0 Å². The first kappa shape index (κ1) is 16.5. The van der Waals surface area contributed by atoms with Crippen LogP contribution in [-0.4, -0.2) is 29.8 Å². The zero-order valence-electron chi connectivity index (χ0n) is 12.5. The lowest BCUT2D eigenvalue weighted by Crippen LogP contribution is -2.26. The minimum Gasteiger partial charge on any atom is -0.396 e. The van der Waals surface area contributed by atoms with Crippen LogP contribution in [-0.2, 0) is 6.42 Å². The zero-order chi connectivity index (χ0) is 14.3. The van der Waals surface area contributed by atoms with Gasteiger partial charge < -0.3 is 10.4 Å². The third-order valence-electron chi connectivity index (χ3n) is 3.48. The number of aliphatic hydroxyl groups is 1. The van der Waals surface area contributed by atoms with Crippen molar-refractivity contribution in [2.24, 2.45) is 5.92 Å². The highest BCUT2D eigenvalue weighted by molar-refractivity contribution is 7.99. The molecule has 3 unspecified atom stereocenters. The van der Waals surface area contributed by atoms with E-state index in [-0.39, 0.29) is 6.61 Å². The molecule has 108 valence electrons. The molecular formula is C16H27NOS. The minimum atomic E-state index is 0.273. The van der Waals surface area contributed by atoms with Crippen molar-refractivity contribution in [3.05, 3.63) is 35.4 Å². The summed E-state index contributed by atoms with van der Waals surface area (Å²) in [6, 6.07) is 9.25. The van der Waals surface area contributed by atoms with Crippen molar-refractivity contribution < 1.29 is 5.11 Å². The fourth-order valence-electron chi connectivity index (χ4n) is 2.10. The lowest BCUT2D eigenvalue weighted by atomic mass is 10.0.